The average Bonchev–Trinajstić information content (AvgIpc) is 3.11. The van der Waals surface area contributed by atoms with Gasteiger partial charge < -0.3 is 9.32 Å². The van der Waals surface area contributed by atoms with Gasteiger partial charge in [-0.15, -0.1) is 11.3 Å². The van der Waals surface area contributed by atoms with Crippen molar-refractivity contribution in [1.82, 2.24) is 9.88 Å². The maximum absolute atomic E-state index is 12.4. The maximum Gasteiger partial charge on any atom is 0.228 e. The van der Waals surface area contributed by atoms with Crippen molar-refractivity contribution in [3.05, 3.63) is 52.2 Å². The Labute approximate surface area is 133 Å². The minimum atomic E-state index is -0.111. The molecule has 0 N–H and O–H groups in total. The second-order valence-corrected chi connectivity index (χ2v) is 6.46. The number of carbonyl (C=O) groups excluding carboxylic acids is 1. The summed E-state index contributed by atoms with van der Waals surface area (Å²) in [5.74, 6) is 0.838. The molecule has 2 aromatic heterocycles. The summed E-state index contributed by atoms with van der Waals surface area (Å²) in [4.78, 5) is 18.5. The third kappa shape index (κ3) is 2.90. The van der Waals surface area contributed by atoms with Gasteiger partial charge in [0.1, 0.15) is 11.3 Å². The van der Waals surface area contributed by atoms with Crippen molar-refractivity contribution in [2.75, 3.05) is 7.05 Å². The quantitative estimate of drug-likeness (QED) is 0.732. The van der Waals surface area contributed by atoms with Crippen molar-refractivity contribution in [3.63, 3.8) is 0 Å². The summed E-state index contributed by atoms with van der Waals surface area (Å²) in [5.41, 5.74) is 1.68. The van der Waals surface area contributed by atoms with Crippen LogP contribution in [0.3, 0.4) is 0 Å². The second-order valence-electron chi connectivity index (χ2n) is 5.40. The average molecular weight is 314 g/mol. The SMILES string of the molecule is Cc1nc(CC(=O)N(C)C(C)c2cc3ccccc3o2)cs1. The summed E-state index contributed by atoms with van der Waals surface area (Å²) in [6, 6.07) is 9.75. The number of nitrogens with zero attached hydrogens (tertiary/aromatic N) is 2. The van der Waals surface area contributed by atoms with Crippen LogP contribution in [0.2, 0.25) is 0 Å². The van der Waals surface area contributed by atoms with Crippen LogP contribution < -0.4 is 0 Å². The summed E-state index contributed by atoms with van der Waals surface area (Å²) >= 11 is 1.57. The molecule has 1 unspecified atom stereocenters. The Bertz CT molecular complexity index is 773. The first-order valence-corrected chi connectivity index (χ1v) is 8.07. The van der Waals surface area contributed by atoms with Crippen LogP contribution >= 0.6 is 11.3 Å². The van der Waals surface area contributed by atoms with Gasteiger partial charge in [0.2, 0.25) is 5.91 Å². The molecule has 1 aromatic carbocycles. The van der Waals surface area contributed by atoms with Gasteiger partial charge in [0.15, 0.2) is 0 Å². The van der Waals surface area contributed by atoms with E-state index in [0.29, 0.717) is 6.42 Å². The van der Waals surface area contributed by atoms with Crippen LogP contribution in [-0.2, 0) is 11.2 Å². The largest absolute Gasteiger partial charge is 0.459 e. The molecule has 114 valence electrons. The van der Waals surface area contributed by atoms with Gasteiger partial charge in [0, 0.05) is 17.8 Å². The number of rotatable bonds is 4. The van der Waals surface area contributed by atoms with E-state index in [0.717, 1.165) is 27.4 Å². The van der Waals surface area contributed by atoms with Gasteiger partial charge in [-0.25, -0.2) is 4.98 Å². The molecule has 4 nitrogen and oxygen atoms in total. The maximum atomic E-state index is 12.4. The molecule has 5 heteroatoms. The summed E-state index contributed by atoms with van der Waals surface area (Å²) in [7, 11) is 1.80. The Balaban J connectivity index is 1.75. The topological polar surface area (TPSA) is 46.3 Å². The van der Waals surface area contributed by atoms with Crippen molar-refractivity contribution in [2.45, 2.75) is 26.3 Å². The lowest BCUT2D eigenvalue weighted by Crippen LogP contribution is -2.30. The van der Waals surface area contributed by atoms with Crippen LogP contribution in [0.5, 0.6) is 0 Å². The normalized spacial score (nSPS) is 12.5. The molecule has 1 amide bonds. The van der Waals surface area contributed by atoms with E-state index >= 15 is 0 Å². The molecular weight excluding hydrogens is 296 g/mol. The molecule has 0 aliphatic rings. The fraction of sp³-hybridized carbons (Fsp3) is 0.294. The molecule has 0 bridgehead atoms. The number of hydrogen-bond donors (Lipinski definition) is 0. The lowest BCUT2D eigenvalue weighted by Gasteiger charge is -2.23. The highest BCUT2D eigenvalue weighted by molar-refractivity contribution is 7.09. The lowest BCUT2D eigenvalue weighted by atomic mass is 10.2. The zero-order chi connectivity index (χ0) is 15.7. The monoisotopic (exact) mass is 314 g/mol. The number of carbonyl (C=O) groups is 1. The van der Waals surface area contributed by atoms with Crippen LogP contribution in [-0.4, -0.2) is 22.8 Å². The molecular formula is C17H18N2O2S. The molecule has 0 saturated carbocycles. The number of amides is 1. The molecule has 0 aliphatic carbocycles. The van der Waals surface area contributed by atoms with Crippen LogP contribution in [0.15, 0.2) is 40.1 Å². The van der Waals surface area contributed by atoms with E-state index in [2.05, 4.69) is 4.98 Å². The van der Waals surface area contributed by atoms with Gasteiger partial charge in [-0.1, -0.05) is 18.2 Å². The molecule has 2 heterocycles. The predicted octanol–water partition coefficient (Wildman–Crippen LogP) is 3.96. The molecule has 0 saturated heterocycles. The van der Waals surface area contributed by atoms with Gasteiger partial charge in [0.05, 0.1) is 23.2 Å². The summed E-state index contributed by atoms with van der Waals surface area (Å²) in [6.07, 6.45) is 0.325. The highest BCUT2D eigenvalue weighted by atomic mass is 32.1. The van der Waals surface area contributed by atoms with Crippen LogP contribution in [0, 0.1) is 6.92 Å². The molecule has 3 rings (SSSR count). The van der Waals surface area contributed by atoms with E-state index in [9.17, 15) is 4.79 Å². The van der Waals surface area contributed by atoms with E-state index in [1.165, 1.54) is 0 Å². The van der Waals surface area contributed by atoms with E-state index in [1.807, 2.05) is 49.6 Å². The Hall–Kier alpha value is -2.14. The van der Waals surface area contributed by atoms with E-state index in [4.69, 9.17) is 4.42 Å². The zero-order valence-corrected chi connectivity index (χ0v) is 13.7. The first-order valence-electron chi connectivity index (χ1n) is 7.19. The number of para-hydroxylation sites is 1. The molecule has 0 spiro atoms. The first-order chi connectivity index (χ1) is 10.5. The first kappa shape index (κ1) is 14.8. The van der Waals surface area contributed by atoms with E-state index < -0.39 is 0 Å². The van der Waals surface area contributed by atoms with Gasteiger partial charge in [-0.3, -0.25) is 4.79 Å². The number of thiazole rings is 1. The summed E-state index contributed by atoms with van der Waals surface area (Å²) in [5, 5.41) is 3.98. The molecule has 0 aliphatic heterocycles. The Morgan fingerprint density at radius 2 is 2.18 bits per heavy atom. The number of likely N-dealkylation sites (N-methyl/N-ethyl adjacent to an activating group) is 1. The number of aryl methyl sites for hydroxylation is 1. The number of aromatic nitrogens is 1. The van der Waals surface area contributed by atoms with E-state index in [-0.39, 0.29) is 11.9 Å². The van der Waals surface area contributed by atoms with E-state index in [1.54, 1.807) is 23.3 Å². The Morgan fingerprint density at radius 1 is 1.41 bits per heavy atom. The number of furan rings is 1. The minimum Gasteiger partial charge on any atom is -0.459 e. The Morgan fingerprint density at radius 3 is 2.86 bits per heavy atom. The predicted molar refractivity (Wildman–Crippen MR) is 88.0 cm³/mol. The third-order valence-electron chi connectivity index (χ3n) is 3.83. The number of fused-ring (bicyclic) bond motifs is 1. The van der Waals surface area contributed by atoms with Crippen molar-refractivity contribution in [1.29, 1.82) is 0 Å². The minimum absolute atomic E-state index is 0.0401. The van der Waals surface area contributed by atoms with Crippen LogP contribution in [0.25, 0.3) is 11.0 Å². The molecule has 22 heavy (non-hydrogen) atoms. The van der Waals surface area contributed by atoms with Crippen molar-refractivity contribution in [2.24, 2.45) is 0 Å². The van der Waals surface area contributed by atoms with Gasteiger partial charge in [0.25, 0.3) is 0 Å². The molecule has 0 radical (unpaired) electrons. The van der Waals surface area contributed by atoms with Gasteiger partial charge in [-0.2, -0.15) is 0 Å². The van der Waals surface area contributed by atoms with Gasteiger partial charge in [-0.05, 0) is 26.0 Å². The zero-order valence-electron chi connectivity index (χ0n) is 12.9. The Kier molecular flexibility index (Phi) is 3.98. The molecule has 3 aromatic rings. The fourth-order valence-electron chi connectivity index (χ4n) is 2.38. The van der Waals surface area contributed by atoms with Crippen molar-refractivity contribution >= 4 is 28.2 Å². The summed E-state index contributed by atoms with van der Waals surface area (Å²) in [6.45, 7) is 3.92. The fourth-order valence-corrected chi connectivity index (χ4v) is 3.00. The smallest absolute Gasteiger partial charge is 0.228 e. The standard InChI is InChI=1S/C17H18N2O2S/c1-11(16-8-13-6-4-5-7-15(13)21-16)19(3)17(20)9-14-10-22-12(2)18-14/h4-8,10-11H,9H2,1-3H3. The molecule has 1 atom stereocenters. The number of hydrogen-bond acceptors (Lipinski definition) is 4. The van der Waals surface area contributed by atoms with Crippen LogP contribution in [0.4, 0.5) is 0 Å². The second kappa shape index (κ2) is 5.93. The molecule has 0 fully saturated rings. The highest BCUT2D eigenvalue weighted by Gasteiger charge is 2.21. The third-order valence-corrected chi connectivity index (χ3v) is 4.65. The lowest BCUT2D eigenvalue weighted by molar-refractivity contribution is -0.131. The van der Waals surface area contributed by atoms with Crippen molar-refractivity contribution in [3.8, 4) is 0 Å². The van der Waals surface area contributed by atoms with Gasteiger partial charge >= 0.3 is 0 Å². The van der Waals surface area contributed by atoms with Crippen LogP contribution in [0.1, 0.15) is 29.4 Å². The summed E-state index contributed by atoms with van der Waals surface area (Å²) < 4.78 is 5.85. The number of benzene rings is 1. The highest BCUT2D eigenvalue weighted by Crippen LogP contribution is 2.27. The van der Waals surface area contributed by atoms with Crippen molar-refractivity contribution < 1.29 is 9.21 Å².